The quantitative estimate of drug-likeness (QED) is 0.654. The molecule has 1 heterocycles. The molecule has 0 unspecified atom stereocenters. The maximum Gasteiger partial charge on any atom is 0.294 e. The first kappa shape index (κ1) is 22.2. The van der Waals surface area contributed by atoms with Crippen molar-refractivity contribution in [1.82, 2.24) is 4.90 Å². The Morgan fingerprint density at radius 2 is 1.74 bits per heavy atom. The molecule has 0 atom stereocenters. The molecule has 3 rings (SSSR count). The van der Waals surface area contributed by atoms with E-state index in [1.165, 1.54) is 7.11 Å². The highest BCUT2D eigenvalue weighted by Crippen LogP contribution is 2.37. The minimum absolute atomic E-state index is 0.213. The zero-order valence-electron chi connectivity index (χ0n) is 17.6. The Morgan fingerprint density at radius 1 is 1.03 bits per heavy atom. The van der Waals surface area contributed by atoms with Gasteiger partial charge in [0.2, 0.25) is 5.91 Å². The van der Waals surface area contributed by atoms with E-state index in [0.717, 1.165) is 22.2 Å². The molecular formula is C22H22N2O6S. The highest BCUT2D eigenvalue weighted by Gasteiger charge is 2.36. The fourth-order valence-electron chi connectivity index (χ4n) is 3.10. The number of anilines is 1. The molecule has 3 amide bonds. The van der Waals surface area contributed by atoms with Gasteiger partial charge in [0.05, 0.1) is 26.2 Å². The third-order valence-electron chi connectivity index (χ3n) is 4.65. The third kappa shape index (κ3) is 4.83. The monoisotopic (exact) mass is 442 g/mol. The van der Waals surface area contributed by atoms with Crippen LogP contribution in [0.4, 0.5) is 10.5 Å². The molecule has 0 radical (unpaired) electrons. The predicted octanol–water partition coefficient (Wildman–Crippen LogP) is 3.70. The maximum atomic E-state index is 12.8. The zero-order valence-corrected chi connectivity index (χ0v) is 18.4. The number of ether oxygens (including phenoxy) is 3. The third-order valence-corrected chi connectivity index (χ3v) is 5.55. The van der Waals surface area contributed by atoms with Gasteiger partial charge in [-0.3, -0.25) is 19.3 Å². The summed E-state index contributed by atoms with van der Waals surface area (Å²) in [6.45, 7) is 1.46. The highest BCUT2D eigenvalue weighted by atomic mass is 32.2. The molecule has 0 spiro atoms. The van der Waals surface area contributed by atoms with Gasteiger partial charge in [-0.25, -0.2) is 0 Å². The van der Waals surface area contributed by atoms with Crippen molar-refractivity contribution in [3.05, 3.63) is 52.4 Å². The van der Waals surface area contributed by atoms with Crippen molar-refractivity contribution in [2.75, 3.05) is 33.2 Å². The number of thioether (sulfide) groups is 1. The average Bonchev–Trinajstić information content (AvgIpc) is 3.02. The molecule has 1 fully saturated rings. The first-order chi connectivity index (χ1) is 14.9. The lowest BCUT2D eigenvalue weighted by molar-refractivity contribution is -0.127. The van der Waals surface area contributed by atoms with Crippen LogP contribution in [0.3, 0.4) is 0 Å². The van der Waals surface area contributed by atoms with Gasteiger partial charge in [0.1, 0.15) is 23.8 Å². The molecule has 1 saturated heterocycles. The van der Waals surface area contributed by atoms with Gasteiger partial charge in [0.25, 0.3) is 11.1 Å². The molecule has 9 heteroatoms. The summed E-state index contributed by atoms with van der Waals surface area (Å²) in [7, 11) is 4.63. The number of hydrogen-bond acceptors (Lipinski definition) is 7. The van der Waals surface area contributed by atoms with E-state index in [1.807, 2.05) is 6.92 Å². The minimum Gasteiger partial charge on any atom is -0.497 e. The van der Waals surface area contributed by atoms with E-state index in [-0.39, 0.29) is 11.4 Å². The fourth-order valence-corrected chi connectivity index (χ4v) is 3.93. The summed E-state index contributed by atoms with van der Waals surface area (Å²) < 4.78 is 15.8. The van der Waals surface area contributed by atoms with E-state index in [0.29, 0.717) is 28.5 Å². The average molecular weight is 442 g/mol. The van der Waals surface area contributed by atoms with Crippen LogP contribution in [0.2, 0.25) is 0 Å². The van der Waals surface area contributed by atoms with Crippen molar-refractivity contribution in [2.24, 2.45) is 0 Å². The van der Waals surface area contributed by atoms with Crippen LogP contribution < -0.4 is 19.5 Å². The summed E-state index contributed by atoms with van der Waals surface area (Å²) in [6.07, 6.45) is 1.58. The SMILES string of the molecule is COc1ccc(NC(=O)CN2C(=O)S/C(=C/c3ccc(OC)c(C)c3OC)C2=O)cc1. The van der Waals surface area contributed by atoms with Crippen LogP contribution in [-0.4, -0.2) is 49.8 Å². The van der Waals surface area contributed by atoms with Gasteiger partial charge < -0.3 is 19.5 Å². The van der Waals surface area contributed by atoms with Crippen molar-refractivity contribution < 1.29 is 28.6 Å². The molecular weight excluding hydrogens is 420 g/mol. The number of carbonyl (C=O) groups excluding carboxylic acids is 3. The number of nitrogens with one attached hydrogen (secondary N) is 1. The molecule has 2 aromatic rings. The summed E-state index contributed by atoms with van der Waals surface area (Å²) in [5.41, 5.74) is 1.94. The summed E-state index contributed by atoms with van der Waals surface area (Å²) in [5, 5.41) is 2.15. The summed E-state index contributed by atoms with van der Waals surface area (Å²) >= 11 is 0.780. The largest absolute Gasteiger partial charge is 0.497 e. The zero-order chi connectivity index (χ0) is 22.5. The summed E-state index contributed by atoms with van der Waals surface area (Å²) in [5.74, 6) is 0.834. The lowest BCUT2D eigenvalue weighted by atomic mass is 10.1. The van der Waals surface area contributed by atoms with Crippen LogP contribution in [0, 0.1) is 6.92 Å². The van der Waals surface area contributed by atoms with E-state index in [9.17, 15) is 14.4 Å². The minimum atomic E-state index is -0.532. The Morgan fingerprint density at radius 3 is 2.35 bits per heavy atom. The van der Waals surface area contributed by atoms with Gasteiger partial charge in [-0.2, -0.15) is 0 Å². The predicted molar refractivity (Wildman–Crippen MR) is 119 cm³/mol. The van der Waals surface area contributed by atoms with Crippen LogP contribution >= 0.6 is 11.8 Å². The topological polar surface area (TPSA) is 94.2 Å². The standard InChI is InChI=1S/C22H22N2O6S/c1-13-17(29-3)10-5-14(20(13)30-4)11-18-21(26)24(22(27)31-18)12-19(25)23-15-6-8-16(28-2)9-7-15/h5-11H,12H2,1-4H3,(H,23,25)/b18-11+. The first-order valence-electron chi connectivity index (χ1n) is 9.28. The second-order valence-electron chi connectivity index (χ2n) is 6.56. The molecule has 162 valence electrons. The Hall–Kier alpha value is -3.46. The first-order valence-corrected chi connectivity index (χ1v) is 10.1. The van der Waals surface area contributed by atoms with E-state index < -0.39 is 17.1 Å². The van der Waals surface area contributed by atoms with E-state index >= 15 is 0 Å². The molecule has 0 bridgehead atoms. The van der Waals surface area contributed by atoms with Gasteiger partial charge in [0, 0.05) is 16.8 Å². The van der Waals surface area contributed by atoms with Gasteiger partial charge in [-0.15, -0.1) is 0 Å². The Balaban J connectivity index is 1.74. The molecule has 0 saturated carbocycles. The van der Waals surface area contributed by atoms with E-state index in [4.69, 9.17) is 14.2 Å². The van der Waals surface area contributed by atoms with Crippen LogP contribution in [-0.2, 0) is 9.59 Å². The molecule has 1 aliphatic heterocycles. The molecule has 31 heavy (non-hydrogen) atoms. The van der Waals surface area contributed by atoms with Crippen molar-refractivity contribution in [3.8, 4) is 17.2 Å². The van der Waals surface area contributed by atoms with Crippen molar-refractivity contribution >= 4 is 40.6 Å². The number of imide groups is 1. The lowest BCUT2D eigenvalue weighted by Crippen LogP contribution is -2.36. The Labute approximate surface area is 184 Å². The number of rotatable bonds is 7. The normalized spacial score (nSPS) is 14.7. The van der Waals surface area contributed by atoms with Crippen molar-refractivity contribution in [3.63, 3.8) is 0 Å². The van der Waals surface area contributed by atoms with E-state index in [2.05, 4.69) is 5.32 Å². The van der Waals surface area contributed by atoms with Crippen LogP contribution in [0.25, 0.3) is 6.08 Å². The Kier molecular flexibility index (Phi) is 6.86. The van der Waals surface area contributed by atoms with Gasteiger partial charge >= 0.3 is 0 Å². The highest BCUT2D eigenvalue weighted by molar-refractivity contribution is 8.18. The molecule has 1 aliphatic rings. The number of hydrogen-bond donors (Lipinski definition) is 1. The van der Waals surface area contributed by atoms with Gasteiger partial charge in [0.15, 0.2) is 0 Å². The number of benzene rings is 2. The Bertz CT molecular complexity index is 1050. The van der Waals surface area contributed by atoms with Gasteiger partial charge in [-0.1, -0.05) is 0 Å². The summed E-state index contributed by atoms with van der Waals surface area (Å²) in [4.78, 5) is 38.6. The maximum absolute atomic E-state index is 12.8. The molecule has 1 N–H and O–H groups in total. The van der Waals surface area contributed by atoms with E-state index in [1.54, 1.807) is 56.7 Å². The number of carbonyl (C=O) groups is 3. The molecule has 0 aromatic heterocycles. The molecule has 0 aliphatic carbocycles. The molecule has 2 aromatic carbocycles. The van der Waals surface area contributed by atoms with Crippen LogP contribution in [0.5, 0.6) is 17.2 Å². The second-order valence-corrected chi connectivity index (χ2v) is 7.55. The number of nitrogens with zero attached hydrogens (tertiary/aromatic N) is 1. The fraction of sp³-hybridized carbons (Fsp3) is 0.227. The van der Waals surface area contributed by atoms with Gasteiger partial charge in [-0.05, 0) is 61.2 Å². The number of amides is 3. The number of methoxy groups -OCH3 is 3. The smallest absolute Gasteiger partial charge is 0.294 e. The molecule has 8 nitrogen and oxygen atoms in total. The van der Waals surface area contributed by atoms with Crippen molar-refractivity contribution in [2.45, 2.75) is 6.92 Å². The lowest BCUT2D eigenvalue weighted by Gasteiger charge is -2.13. The van der Waals surface area contributed by atoms with Crippen LogP contribution in [0.15, 0.2) is 41.3 Å². The van der Waals surface area contributed by atoms with Crippen molar-refractivity contribution in [1.29, 1.82) is 0 Å². The second kappa shape index (κ2) is 9.57. The van der Waals surface area contributed by atoms with Crippen LogP contribution in [0.1, 0.15) is 11.1 Å². The summed E-state index contributed by atoms with van der Waals surface area (Å²) in [6, 6.07) is 10.2.